The summed E-state index contributed by atoms with van der Waals surface area (Å²) in [7, 11) is -0.0961. The molecule has 0 atom stereocenters. The molecule has 7 heteroatoms. The van der Waals surface area contributed by atoms with Crippen LogP contribution < -0.4 is 4.74 Å². The van der Waals surface area contributed by atoms with Crippen molar-refractivity contribution in [2.24, 2.45) is 5.92 Å². The van der Waals surface area contributed by atoms with E-state index in [9.17, 15) is 13.2 Å². The van der Waals surface area contributed by atoms with E-state index in [0.717, 1.165) is 5.56 Å². The van der Waals surface area contributed by atoms with Gasteiger partial charge in [0, 0.05) is 33.1 Å². The quantitative estimate of drug-likeness (QED) is 0.799. The number of carbonyl (C=O) groups is 1. The fourth-order valence-electron chi connectivity index (χ4n) is 3.20. The highest BCUT2D eigenvalue weighted by Crippen LogP contribution is 2.30. The summed E-state index contributed by atoms with van der Waals surface area (Å²) < 4.78 is 33.1. The van der Waals surface area contributed by atoms with E-state index < -0.39 is 10.0 Å². The number of benzene rings is 1. The number of hydrogen-bond acceptors (Lipinski definition) is 4. The molecule has 1 fully saturated rings. The Labute approximate surface area is 150 Å². The van der Waals surface area contributed by atoms with E-state index >= 15 is 0 Å². The lowest BCUT2D eigenvalue weighted by Crippen LogP contribution is -2.42. The predicted molar refractivity (Wildman–Crippen MR) is 97.3 cm³/mol. The molecule has 1 amide bonds. The first-order valence-corrected chi connectivity index (χ1v) is 10.1. The van der Waals surface area contributed by atoms with Crippen molar-refractivity contribution < 1.29 is 17.9 Å². The second kappa shape index (κ2) is 7.74. The zero-order valence-electron chi connectivity index (χ0n) is 15.7. The molecule has 0 N–H and O–H groups in total. The van der Waals surface area contributed by atoms with E-state index in [0.29, 0.717) is 48.7 Å². The van der Waals surface area contributed by atoms with Crippen molar-refractivity contribution in [2.45, 2.75) is 38.5 Å². The molecule has 1 aromatic carbocycles. The lowest BCUT2D eigenvalue weighted by Gasteiger charge is -2.32. The van der Waals surface area contributed by atoms with Crippen LogP contribution in [0, 0.1) is 19.8 Å². The van der Waals surface area contributed by atoms with Crippen LogP contribution >= 0.6 is 0 Å². The number of amides is 1. The summed E-state index contributed by atoms with van der Waals surface area (Å²) >= 11 is 0. The lowest BCUT2D eigenvalue weighted by molar-refractivity contribution is -0.134. The minimum Gasteiger partial charge on any atom is -0.494 e. The van der Waals surface area contributed by atoms with Gasteiger partial charge in [0.15, 0.2) is 0 Å². The highest BCUT2D eigenvalue weighted by Gasteiger charge is 2.33. The van der Waals surface area contributed by atoms with Crippen LogP contribution in [0.5, 0.6) is 5.75 Å². The second-order valence-electron chi connectivity index (χ2n) is 6.73. The first kappa shape index (κ1) is 19.7. The SMILES string of the molecule is CCOc1cc(C)c(S(=O)(=O)N2CCC(C(=O)N(C)C)CC2)cc1C. The molecule has 1 heterocycles. The van der Waals surface area contributed by atoms with E-state index in [1.807, 2.05) is 13.8 Å². The Morgan fingerprint density at radius 1 is 1.20 bits per heavy atom. The van der Waals surface area contributed by atoms with Gasteiger partial charge >= 0.3 is 0 Å². The summed E-state index contributed by atoms with van der Waals surface area (Å²) in [5, 5.41) is 0. The molecule has 0 spiro atoms. The number of ether oxygens (including phenoxy) is 1. The zero-order chi connectivity index (χ0) is 18.8. The molecule has 0 aromatic heterocycles. The van der Waals surface area contributed by atoms with Gasteiger partial charge in [-0.3, -0.25) is 4.79 Å². The van der Waals surface area contributed by atoms with Gasteiger partial charge in [0.1, 0.15) is 5.75 Å². The van der Waals surface area contributed by atoms with Crippen molar-refractivity contribution in [3.05, 3.63) is 23.3 Å². The molecule has 2 rings (SSSR count). The van der Waals surface area contributed by atoms with E-state index in [1.165, 1.54) is 4.31 Å². The van der Waals surface area contributed by atoms with Crippen molar-refractivity contribution in [2.75, 3.05) is 33.8 Å². The number of sulfonamides is 1. The van der Waals surface area contributed by atoms with Gasteiger partial charge in [0.05, 0.1) is 11.5 Å². The molecule has 1 aromatic rings. The Morgan fingerprint density at radius 3 is 2.32 bits per heavy atom. The highest BCUT2D eigenvalue weighted by atomic mass is 32.2. The normalized spacial score (nSPS) is 16.7. The van der Waals surface area contributed by atoms with Gasteiger partial charge in [-0.2, -0.15) is 4.31 Å². The number of aryl methyl sites for hydroxylation is 2. The van der Waals surface area contributed by atoms with Crippen LogP contribution in [-0.4, -0.2) is 57.3 Å². The Kier molecular flexibility index (Phi) is 6.11. The van der Waals surface area contributed by atoms with E-state index in [-0.39, 0.29) is 11.8 Å². The number of carbonyl (C=O) groups excluding carboxylic acids is 1. The summed E-state index contributed by atoms with van der Waals surface area (Å²) in [5.74, 6) is 0.698. The molecule has 0 saturated carbocycles. The number of rotatable bonds is 5. The summed E-state index contributed by atoms with van der Waals surface area (Å²) in [6, 6.07) is 3.47. The van der Waals surface area contributed by atoms with Crippen LogP contribution in [0.2, 0.25) is 0 Å². The van der Waals surface area contributed by atoms with Crippen LogP contribution in [-0.2, 0) is 14.8 Å². The molecule has 1 aliphatic heterocycles. The molecule has 6 nitrogen and oxygen atoms in total. The fraction of sp³-hybridized carbons (Fsp3) is 0.611. The Morgan fingerprint density at radius 2 is 1.80 bits per heavy atom. The first-order valence-electron chi connectivity index (χ1n) is 8.63. The second-order valence-corrected chi connectivity index (χ2v) is 8.63. The average Bonchev–Trinajstić information content (AvgIpc) is 2.57. The standard InChI is InChI=1S/C18H28N2O4S/c1-6-24-16-11-14(3)17(12-13(16)2)25(22,23)20-9-7-15(8-10-20)18(21)19(4)5/h11-12,15H,6-10H2,1-5H3. The van der Waals surface area contributed by atoms with Gasteiger partial charge in [-0.1, -0.05) is 0 Å². The summed E-state index contributed by atoms with van der Waals surface area (Å²) in [6.07, 6.45) is 1.12. The Bertz CT molecular complexity index is 736. The van der Waals surface area contributed by atoms with Crippen molar-refractivity contribution in [3.8, 4) is 5.75 Å². The first-order chi connectivity index (χ1) is 11.7. The summed E-state index contributed by atoms with van der Waals surface area (Å²) in [4.78, 5) is 14.0. The van der Waals surface area contributed by atoms with Gasteiger partial charge in [-0.25, -0.2) is 8.42 Å². The monoisotopic (exact) mass is 368 g/mol. The smallest absolute Gasteiger partial charge is 0.243 e. The third kappa shape index (κ3) is 4.15. The van der Waals surface area contributed by atoms with Crippen LogP contribution in [0.3, 0.4) is 0 Å². The largest absolute Gasteiger partial charge is 0.494 e. The van der Waals surface area contributed by atoms with Gasteiger partial charge in [0.25, 0.3) is 0 Å². The molecule has 0 aliphatic carbocycles. The maximum atomic E-state index is 13.0. The zero-order valence-corrected chi connectivity index (χ0v) is 16.5. The van der Waals surface area contributed by atoms with Gasteiger partial charge in [-0.05, 0) is 56.9 Å². The lowest BCUT2D eigenvalue weighted by atomic mass is 9.97. The topological polar surface area (TPSA) is 66.9 Å². The van der Waals surface area contributed by atoms with Crippen LogP contribution in [0.25, 0.3) is 0 Å². The number of piperidine rings is 1. The van der Waals surface area contributed by atoms with Crippen molar-refractivity contribution in [1.29, 1.82) is 0 Å². The summed E-state index contributed by atoms with van der Waals surface area (Å²) in [6.45, 7) is 6.83. The highest BCUT2D eigenvalue weighted by molar-refractivity contribution is 7.89. The van der Waals surface area contributed by atoms with E-state index in [1.54, 1.807) is 38.1 Å². The molecule has 140 valence electrons. The van der Waals surface area contributed by atoms with Crippen LogP contribution in [0.15, 0.2) is 17.0 Å². The van der Waals surface area contributed by atoms with Gasteiger partial charge in [0.2, 0.25) is 15.9 Å². The van der Waals surface area contributed by atoms with Crippen molar-refractivity contribution >= 4 is 15.9 Å². The molecule has 1 aliphatic rings. The molecule has 0 unspecified atom stereocenters. The minimum atomic E-state index is -3.56. The van der Waals surface area contributed by atoms with Crippen LogP contribution in [0.4, 0.5) is 0 Å². The maximum Gasteiger partial charge on any atom is 0.243 e. The molecular weight excluding hydrogens is 340 g/mol. The predicted octanol–water partition coefficient (Wildman–Crippen LogP) is 2.19. The Hall–Kier alpha value is -1.60. The Balaban J connectivity index is 2.20. The molecule has 0 radical (unpaired) electrons. The third-order valence-corrected chi connectivity index (χ3v) is 6.67. The van der Waals surface area contributed by atoms with Gasteiger partial charge < -0.3 is 9.64 Å². The molecule has 0 bridgehead atoms. The van der Waals surface area contributed by atoms with E-state index in [4.69, 9.17) is 4.74 Å². The van der Waals surface area contributed by atoms with Crippen molar-refractivity contribution in [1.82, 2.24) is 9.21 Å². The van der Waals surface area contributed by atoms with Crippen LogP contribution in [0.1, 0.15) is 30.9 Å². The maximum absolute atomic E-state index is 13.0. The molecule has 1 saturated heterocycles. The molecule has 25 heavy (non-hydrogen) atoms. The molecular formula is C18H28N2O4S. The van der Waals surface area contributed by atoms with Gasteiger partial charge in [-0.15, -0.1) is 0 Å². The number of hydrogen-bond donors (Lipinski definition) is 0. The van der Waals surface area contributed by atoms with Crippen molar-refractivity contribution in [3.63, 3.8) is 0 Å². The summed E-state index contributed by atoms with van der Waals surface area (Å²) in [5.41, 5.74) is 1.49. The number of nitrogens with zero attached hydrogens (tertiary/aromatic N) is 2. The third-order valence-electron chi connectivity index (χ3n) is 4.63. The fourth-order valence-corrected chi connectivity index (χ4v) is 4.96. The minimum absolute atomic E-state index is 0.0742. The van der Waals surface area contributed by atoms with E-state index in [2.05, 4.69) is 0 Å². The average molecular weight is 368 g/mol.